The highest BCUT2D eigenvalue weighted by molar-refractivity contribution is 5.28. The van der Waals surface area contributed by atoms with Crippen LogP contribution in [0.25, 0.3) is 0 Å². The van der Waals surface area contributed by atoms with E-state index in [1.807, 2.05) is 18.2 Å². The molecule has 2 aromatic carbocycles. The first kappa shape index (κ1) is 14.8. The maximum atomic E-state index is 6.24. The predicted molar refractivity (Wildman–Crippen MR) is 86.8 cm³/mol. The van der Waals surface area contributed by atoms with Crippen molar-refractivity contribution < 1.29 is 0 Å². The molecule has 1 unspecified atom stereocenters. The summed E-state index contributed by atoms with van der Waals surface area (Å²) in [5.41, 5.74) is 10.4. The van der Waals surface area contributed by atoms with E-state index < -0.39 is 0 Å². The zero-order valence-corrected chi connectivity index (χ0v) is 12.8. The fourth-order valence-corrected chi connectivity index (χ4v) is 2.36. The lowest BCUT2D eigenvalue weighted by Crippen LogP contribution is -2.12. The molecule has 2 aromatic rings. The zero-order valence-electron chi connectivity index (χ0n) is 12.8. The molecule has 0 saturated heterocycles. The Hall–Kier alpha value is -1.60. The summed E-state index contributed by atoms with van der Waals surface area (Å²) in [4.78, 5) is 0. The van der Waals surface area contributed by atoms with Crippen LogP contribution in [0.1, 0.15) is 49.9 Å². The SMILES string of the molecule is CC(C)(C)c1ccc(CCC(N)c2ccccc2)cc1. The third-order valence-electron chi connectivity index (χ3n) is 3.79. The molecule has 0 bridgehead atoms. The fraction of sp³-hybridized carbons (Fsp3) is 0.368. The Balaban J connectivity index is 1.94. The topological polar surface area (TPSA) is 26.0 Å². The lowest BCUT2D eigenvalue weighted by Gasteiger charge is -2.19. The lowest BCUT2D eigenvalue weighted by atomic mass is 9.86. The minimum absolute atomic E-state index is 0.124. The molecule has 0 saturated carbocycles. The average Bonchev–Trinajstić information content (AvgIpc) is 2.45. The Morgan fingerprint density at radius 2 is 1.50 bits per heavy atom. The molecule has 0 aliphatic rings. The van der Waals surface area contributed by atoms with E-state index in [1.54, 1.807) is 0 Å². The minimum Gasteiger partial charge on any atom is -0.324 e. The Bertz CT molecular complexity index is 520. The number of hydrogen-bond donors (Lipinski definition) is 1. The number of benzene rings is 2. The minimum atomic E-state index is 0.124. The van der Waals surface area contributed by atoms with Crippen molar-refractivity contribution in [2.24, 2.45) is 5.73 Å². The highest BCUT2D eigenvalue weighted by Gasteiger charge is 2.13. The second-order valence-corrected chi connectivity index (χ2v) is 6.50. The van der Waals surface area contributed by atoms with Crippen LogP contribution in [0.2, 0.25) is 0 Å². The van der Waals surface area contributed by atoms with Crippen molar-refractivity contribution in [1.82, 2.24) is 0 Å². The van der Waals surface area contributed by atoms with Gasteiger partial charge in [0.2, 0.25) is 0 Å². The summed E-state index contributed by atoms with van der Waals surface area (Å²) in [7, 11) is 0. The molecule has 1 nitrogen and oxygen atoms in total. The maximum absolute atomic E-state index is 6.24. The van der Waals surface area contributed by atoms with Crippen LogP contribution in [0, 0.1) is 0 Å². The predicted octanol–water partition coefficient (Wildman–Crippen LogP) is 4.62. The summed E-state index contributed by atoms with van der Waals surface area (Å²) in [5, 5.41) is 0. The smallest absolute Gasteiger partial charge is 0.0298 e. The molecule has 1 heteroatoms. The van der Waals surface area contributed by atoms with Crippen molar-refractivity contribution in [3.05, 3.63) is 71.3 Å². The Labute approximate surface area is 122 Å². The van der Waals surface area contributed by atoms with Gasteiger partial charge in [0.1, 0.15) is 0 Å². The quantitative estimate of drug-likeness (QED) is 0.859. The van der Waals surface area contributed by atoms with Gasteiger partial charge in [0, 0.05) is 6.04 Å². The maximum Gasteiger partial charge on any atom is 0.0298 e. The molecule has 0 aliphatic heterocycles. The number of aryl methyl sites for hydroxylation is 1. The first-order chi connectivity index (χ1) is 9.47. The standard InChI is InChI=1S/C19H25N/c1-19(2,3)17-12-9-15(10-13-17)11-14-18(20)16-7-5-4-6-8-16/h4-10,12-13,18H,11,14,20H2,1-3H3. The largest absolute Gasteiger partial charge is 0.324 e. The second-order valence-electron chi connectivity index (χ2n) is 6.50. The van der Waals surface area contributed by atoms with Crippen molar-refractivity contribution in [3.8, 4) is 0 Å². The van der Waals surface area contributed by atoms with Gasteiger partial charge in [0.25, 0.3) is 0 Å². The van der Waals surface area contributed by atoms with Gasteiger partial charge in [-0.05, 0) is 34.9 Å². The fourth-order valence-electron chi connectivity index (χ4n) is 2.36. The van der Waals surface area contributed by atoms with E-state index in [1.165, 1.54) is 16.7 Å². The Morgan fingerprint density at radius 3 is 2.05 bits per heavy atom. The molecule has 2 rings (SSSR count). The summed E-state index contributed by atoms with van der Waals surface area (Å²) in [5.74, 6) is 0. The van der Waals surface area contributed by atoms with E-state index in [0.717, 1.165) is 12.8 Å². The van der Waals surface area contributed by atoms with Crippen LogP contribution in [-0.4, -0.2) is 0 Å². The van der Waals surface area contributed by atoms with Gasteiger partial charge in [-0.15, -0.1) is 0 Å². The lowest BCUT2D eigenvalue weighted by molar-refractivity contribution is 0.589. The van der Waals surface area contributed by atoms with E-state index in [-0.39, 0.29) is 11.5 Å². The number of nitrogens with two attached hydrogens (primary N) is 1. The normalized spacial score (nSPS) is 13.2. The number of hydrogen-bond acceptors (Lipinski definition) is 1. The van der Waals surface area contributed by atoms with Crippen molar-refractivity contribution in [1.29, 1.82) is 0 Å². The van der Waals surface area contributed by atoms with E-state index in [9.17, 15) is 0 Å². The monoisotopic (exact) mass is 267 g/mol. The van der Waals surface area contributed by atoms with Crippen LogP contribution < -0.4 is 5.73 Å². The van der Waals surface area contributed by atoms with Gasteiger partial charge < -0.3 is 5.73 Å². The Morgan fingerprint density at radius 1 is 0.900 bits per heavy atom. The van der Waals surface area contributed by atoms with Gasteiger partial charge in [-0.25, -0.2) is 0 Å². The van der Waals surface area contributed by atoms with Crippen LogP contribution in [0.4, 0.5) is 0 Å². The first-order valence-electron chi connectivity index (χ1n) is 7.37. The van der Waals surface area contributed by atoms with Gasteiger partial charge in [0.15, 0.2) is 0 Å². The van der Waals surface area contributed by atoms with E-state index in [2.05, 4.69) is 57.2 Å². The van der Waals surface area contributed by atoms with Gasteiger partial charge in [-0.1, -0.05) is 75.4 Å². The summed E-state index contributed by atoms with van der Waals surface area (Å²) in [6.07, 6.45) is 2.01. The van der Waals surface area contributed by atoms with E-state index in [0.29, 0.717) is 0 Å². The van der Waals surface area contributed by atoms with Crippen molar-refractivity contribution in [2.45, 2.75) is 45.1 Å². The summed E-state index contributed by atoms with van der Waals surface area (Å²) in [6.45, 7) is 6.73. The molecule has 2 N–H and O–H groups in total. The highest BCUT2D eigenvalue weighted by Crippen LogP contribution is 2.23. The Kier molecular flexibility index (Phi) is 4.61. The molecular formula is C19H25N. The van der Waals surface area contributed by atoms with Gasteiger partial charge in [-0.2, -0.15) is 0 Å². The molecule has 0 aromatic heterocycles. The zero-order chi connectivity index (χ0) is 14.6. The van der Waals surface area contributed by atoms with Crippen LogP contribution in [0.15, 0.2) is 54.6 Å². The summed E-state index contributed by atoms with van der Waals surface area (Å²) >= 11 is 0. The molecule has 106 valence electrons. The van der Waals surface area contributed by atoms with Crippen LogP contribution in [0.5, 0.6) is 0 Å². The molecule has 1 atom stereocenters. The molecule has 0 aliphatic carbocycles. The summed E-state index contributed by atoms with van der Waals surface area (Å²) < 4.78 is 0. The summed E-state index contributed by atoms with van der Waals surface area (Å²) in [6, 6.07) is 19.4. The van der Waals surface area contributed by atoms with Gasteiger partial charge in [0.05, 0.1) is 0 Å². The van der Waals surface area contributed by atoms with Gasteiger partial charge in [-0.3, -0.25) is 0 Å². The molecule has 0 fully saturated rings. The second kappa shape index (κ2) is 6.23. The highest BCUT2D eigenvalue weighted by atomic mass is 14.6. The van der Waals surface area contributed by atoms with Gasteiger partial charge >= 0.3 is 0 Å². The molecule has 0 spiro atoms. The number of rotatable bonds is 4. The molecule has 0 heterocycles. The van der Waals surface area contributed by atoms with Crippen molar-refractivity contribution >= 4 is 0 Å². The first-order valence-corrected chi connectivity index (χ1v) is 7.37. The molecule has 0 radical (unpaired) electrons. The third kappa shape index (κ3) is 3.94. The van der Waals surface area contributed by atoms with Crippen molar-refractivity contribution in [2.75, 3.05) is 0 Å². The van der Waals surface area contributed by atoms with Crippen LogP contribution in [0.3, 0.4) is 0 Å². The molecular weight excluding hydrogens is 242 g/mol. The molecule has 20 heavy (non-hydrogen) atoms. The molecule has 0 amide bonds. The van der Waals surface area contributed by atoms with E-state index in [4.69, 9.17) is 5.73 Å². The van der Waals surface area contributed by atoms with Crippen LogP contribution >= 0.6 is 0 Å². The average molecular weight is 267 g/mol. The van der Waals surface area contributed by atoms with E-state index >= 15 is 0 Å². The van der Waals surface area contributed by atoms with Crippen LogP contribution in [-0.2, 0) is 11.8 Å². The van der Waals surface area contributed by atoms with Crippen molar-refractivity contribution in [3.63, 3.8) is 0 Å². The third-order valence-corrected chi connectivity index (χ3v) is 3.79.